The molecular weight excluding hydrogens is 318 g/mol. The van der Waals surface area contributed by atoms with Crippen LogP contribution in [0, 0.1) is 0 Å². The molecule has 0 aliphatic heterocycles. The van der Waals surface area contributed by atoms with Crippen LogP contribution in [0.3, 0.4) is 0 Å². The predicted octanol–water partition coefficient (Wildman–Crippen LogP) is 2.89. The van der Waals surface area contributed by atoms with E-state index in [1.54, 1.807) is 54.3 Å². The van der Waals surface area contributed by atoms with Crippen LogP contribution in [0.2, 0.25) is 5.02 Å². The van der Waals surface area contributed by atoms with Crippen LogP contribution < -0.4 is 10.2 Å². The minimum Gasteiger partial charge on any atom is -0.492 e. The smallest absolute Gasteiger partial charge is 0.274 e. The van der Waals surface area contributed by atoms with Crippen LogP contribution in [0.25, 0.3) is 11.0 Å². The highest BCUT2D eigenvalue weighted by atomic mass is 35.5. The first-order chi connectivity index (χ1) is 11.2. The molecule has 7 heteroatoms. The van der Waals surface area contributed by atoms with Gasteiger partial charge in [0.1, 0.15) is 12.4 Å². The molecule has 118 valence electrons. The molecule has 3 rings (SSSR count). The Morgan fingerprint density at radius 2 is 2.04 bits per heavy atom. The molecule has 0 saturated heterocycles. The van der Waals surface area contributed by atoms with E-state index in [0.717, 1.165) is 16.8 Å². The van der Waals surface area contributed by atoms with Gasteiger partial charge in [-0.25, -0.2) is 10.5 Å². The Balaban J connectivity index is 1.72. The van der Waals surface area contributed by atoms with Crippen LogP contribution in [0.1, 0.15) is 10.4 Å². The number of halogens is 1. The SMILES string of the molecule is O=C(NO)c1ccc2ncn(CCOc3ccc(Cl)cc3)c2c1. The highest BCUT2D eigenvalue weighted by Crippen LogP contribution is 2.17. The van der Waals surface area contributed by atoms with E-state index in [1.165, 1.54) is 0 Å². The van der Waals surface area contributed by atoms with Crippen molar-refractivity contribution < 1.29 is 14.7 Å². The number of aromatic nitrogens is 2. The van der Waals surface area contributed by atoms with Crippen molar-refractivity contribution in [3.05, 3.63) is 59.4 Å². The summed E-state index contributed by atoms with van der Waals surface area (Å²) in [6.45, 7) is 1.02. The number of carbonyl (C=O) groups is 1. The van der Waals surface area contributed by atoms with Crippen molar-refractivity contribution >= 4 is 28.5 Å². The highest BCUT2D eigenvalue weighted by Gasteiger charge is 2.08. The maximum absolute atomic E-state index is 11.5. The Morgan fingerprint density at radius 1 is 1.26 bits per heavy atom. The first-order valence-electron chi connectivity index (χ1n) is 6.95. The number of rotatable bonds is 5. The van der Waals surface area contributed by atoms with Crippen molar-refractivity contribution in [2.24, 2.45) is 0 Å². The summed E-state index contributed by atoms with van der Waals surface area (Å²) in [5.74, 6) is 0.177. The topological polar surface area (TPSA) is 76.4 Å². The standard InChI is InChI=1S/C16H14ClN3O3/c17-12-2-4-13(5-3-12)23-8-7-20-10-18-14-6-1-11(9-15(14)20)16(21)19-22/h1-6,9-10,22H,7-8H2,(H,19,21). The van der Waals surface area contributed by atoms with Gasteiger partial charge in [-0.1, -0.05) is 11.6 Å². The van der Waals surface area contributed by atoms with E-state index in [1.807, 2.05) is 4.57 Å². The van der Waals surface area contributed by atoms with E-state index in [2.05, 4.69) is 4.98 Å². The monoisotopic (exact) mass is 331 g/mol. The van der Waals surface area contributed by atoms with Crippen molar-refractivity contribution in [3.63, 3.8) is 0 Å². The van der Waals surface area contributed by atoms with Crippen molar-refractivity contribution in [2.45, 2.75) is 6.54 Å². The van der Waals surface area contributed by atoms with E-state index >= 15 is 0 Å². The Bertz CT molecular complexity index is 830. The van der Waals surface area contributed by atoms with E-state index < -0.39 is 5.91 Å². The Hall–Kier alpha value is -2.57. The van der Waals surface area contributed by atoms with Crippen LogP contribution in [0.5, 0.6) is 5.75 Å². The first kappa shape index (κ1) is 15.3. The molecule has 1 heterocycles. The lowest BCUT2D eigenvalue weighted by atomic mass is 10.2. The third kappa shape index (κ3) is 3.44. The molecule has 2 N–H and O–H groups in total. The van der Waals surface area contributed by atoms with Gasteiger partial charge in [0.2, 0.25) is 0 Å². The van der Waals surface area contributed by atoms with E-state index in [0.29, 0.717) is 23.7 Å². The number of nitrogens with zero attached hydrogens (tertiary/aromatic N) is 2. The number of imidazole rings is 1. The largest absolute Gasteiger partial charge is 0.492 e. The summed E-state index contributed by atoms with van der Waals surface area (Å²) in [7, 11) is 0. The molecular formula is C16H14ClN3O3. The second kappa shape index (κ2) is 6.68. The van der Waals surface area contributed by atoms with Gasteiger partial charge in [0, 0.05) is 10.6 Å². The molecule has 0 radical (unpaired) electrons. The fourth-order valence-electron chi connectivity index (χ4n) is 2.23. The summed E-state index contributed by atoms with van der Waals surface area (Å²) in [5.41, 5.74) is 3.55. The van der Waals surface area contributed by atoms with Gasteiger partial charge in [-0.3, -0.25) is 10.0 Å². The zero-order valence-electron chi connectivity index (χ0n) is 12.1. The quantitative estimate of drug-likeness (QED) is 0.557. The van der Waals surface area contributed by atoms with Crippen LogP contribution in [-0.4, -0.2) is 27.3 Å². The molecule has 0 unspecified atom stereocenters. The van der Waals surface area contributed by atoms with Gasteiger partial charge >= 0.3 is 0 Å². The van der Waals surface area contributed by atoms with Crippen LogP contribution >= 0.6 is 11.6 Å². The summed E-state index contributed by atoms with van der Waals surface area (Å²) < 4.78 is 7.54. The van der Waals surface area contributed by atoms with Crippen molar-refractivity contribution in [1.82, 2.24) is 15.0 Å². The minimum atomic E-state index is -0.558. The zero-order chi connectivity index (χ0) is 16.2. The Labute approximate surface area is 137 Å². The lowest BCUT2D eigenvalue weighted by Crippen LogP contribution is -2.18. The van der Waals surface area contributed by atoms with E-state index in [4.69, 9.17) is 21.5 Å². The van der Waals surface area contributed by atoms with Gasteiger partial charge in [0.15, 0.2) is 0 Å². The molecule has 3 aromatic rings. The molecule has 0 fully saturated rings. The second-order valence-electron chi connectivity index (χ2n) is 4.88. The number of nitrogens with one attached hydrogen (secondary N) is 1. The molecule has 0 spiro atoms. The predicted molar refractivity (Wildman–Crippen MR) is 85.9 cm³/mol. The average molecular weight is 332 g/mol. The zero-order valence-corrected chi connectivity index (χ0v) is 12.8. The summed E-state index contributed by atoms with van der Waals surface area (Å²) >= 11 is 5.83. The van der Waals surface area contributed by atoms with Gasteiger partial charge in [-0.15, -0.1) is 0 Å². The number of hydroxylamine groups is 1. The number of hydrogen-bond acceptors (Lipinski definition) is 4. The van der Waals surface area contributed by atoms with Crippen molar-refractivity contribution in [1.29, 1.82) is 0 Å². The summed E-state index contributed by atoms with van der Waals surface area (Å²) in [5, 5.41) is 9.38. The lowest BCUT2D eigenvalue weighted by Gasteiger charge is -2.08. The fourth-order valence-corrected chi connectivity index (χ4v) is 2.36. The number of hydrogen-bond donors (Lipinski definition) is 2. The summed E-state index contributed by atoms with van der Waals surface area (Å²) in [6, 6.07) is 12.2. The van der Waals surface area contributed by atoms with Gasteiger partial charge in [-0.2, -0.15) is 0 Å². The van der Waals surface area contributed by atoms with Gasteiger partial charge in [0.05, 0.1) is 23.9 Å². The molecule has 0 atom stereocenters. The fraction of sp³-hybridized carbons (Fsp3) is 0.125. The van der Waals surface area contributed by atoms with Gasteiger partial charge < -0.3 is 9.30 Å². The van der Waals surface area contributed by atoms with Crippen LogP contribution in [-0.2, 0) is 6.54 Å². The van der Waals surface area contributed by atoms with E-state index in [-0.39, 0.29) is 0 Å². The maximum Gasteiger partial charge on any atom is 0.274 e. The molecule has 1 amide bonds. The number of carbonyl (C=O) groups excluding carboxylic acids is 1. The second-order valence-corrected chi connectivity index (χ2v) is 5.32. The van der Waals surface area contributed by atoms with Crippen molar-refractivity contribution in [2.75, 3.05) is 6.61 Å². The molecule has 0 bridgehead atoms. The third-order valence-electron chi connectivity index (χ3n) is 3.40. The van der Waals surface area contributed by atoms with E-state index in [9.17, 15) is 4.79 Å². The summed E-state index contributed by atoms with van der Waals surface area (Å²) in [4.78, 5) is 15.8. The number of ether oxygens (including phenoxy) is 1. The summed E-state index contributed by atoms with van der Waals surface area (Å²) in [6.07, 6.45) is 1.69. The van der Waals surface area contributed by atoms with Gasteiger partial charge in [0.25, 0.3) is 5.91 Å². The molecule has 6 nitrogen and oxygen atoms in total. The molecule has 0 saturated carbocycles. The Morgan fingerprint density at radius 3 is 2.78 bits per heavy atom. The molecule has 0 aliphatic carbocycles. The third-order valence-corrected chi connectivity index (χ3v) is 3.65. The van der Waals surface area contributed by atoms with Crippen LogP contribution in [0.4, 0.5) is 0 Å². The normalized spacial score (nSPS) is 10.7. The van der Waals surface area contributed by atoms with Crippen molar-refractivity contribution in [3.8, 4) is 5.75 Å². The molecule has 1 aromatic heterocycles. The van der Waals surface area contributed by atoms with Gasteiger partial charge in [-0.05, 0) is 42.5 Å². The molecule has 2 aromatic carbocycles. The molecule has 23 heavy (non-hydrogen) atoms. The lowest BCUT2D eigenvalue weighted by molar-refractivity contribution is 0.0706. The first-order valence-corrected chi connectivity index (χ1v) is 7.33. The molecule has 0 aliphatic rings. The average Bonchev–Trinajstić information content (AvgIpc) is 2.98. The highest BCUT2D eigenvalue weighted by molar-refractivity contribution is 6.30. The van der Waals surface area contributed by atoms with Crippen LogP contribution in [0.15, 0.2) is 48.8 Å². The minimum absolute atomic E-state index is 0.361. The maximum atomic E-state index is 11.5. The number of benzene rings is 2. The number of fused-ring (bicyclic) bond motifs is 1. The Kier molecular flexibility index (Phi) is 4.45. The number of amides is 1.